The average molecular weight is 430 g/mol. The van der Waals surface area contributed by atoms with E-state index in [0.29, 0.717) is 0 Å². The number of aryl methyl sites for hydroxylation is 4. The number of nitrogens with zero attached hydrogens (tertiary/aromatic N) is 3. The third kappa shape index (κ3) is 6.72. The summed E-state index contributed by atoms with van der Waals surface area (Å²) >= 11 is 0. The molecule has 0 aliphatic heterocycles. The summed E-state index contributed by atoms with van der Waals surface area (Å²) in [6, 6.07) is 10.8. The summed E-state index contributed by atoms with van der Waals surface area (Å²) in [5.41, 5.74) is 9.29. The van der Waals surface area contributed by atoms with E-state index in [4.69, 9.17) is 15.0 Å². The molecule has 0 aromatic carbocycles. The molecule has 0 saturated carbocycles. The van der Waals surface area contributed by atoms with Crippen LogP contribution in [0.15, 0.2) is 42.7 Å². The average Bonchev–Trinajstić information content (AvgIpc) is 2.71. The first-order valence-electron chi connectivity index (χ1n) is 11.8. The van der Waals surface area contributed by atoms with E-state index in [1.807, 2.05) is 12.4 Å². The Morgan fingerprint density at radius 3 is 1.34 bits per heavy atom. The summed E-state index contributed by atoms with van der Waals surface area (Å²) < 4.78 is 0. The molecule has 0 spiro atoms. The fraction of sp³-hybridized carbons (Fsp3) is 0.483. The van der Waals surface area contributed by atoms with Crippen LogP contribution in [0, 0.1) is 24.7 Å². The summed E-state index contributed by atoms with van der Waals surface area (Å²) in [6.07, 6.45) is 8.06. The van der Waals surface area contributed by atoms with Gasteiger partial charge in [0.25, 0.3) is 0 Å². The lowest BCUT2D eigenvalue weighted by molar-refractivity contribution is 0.376. The first-order valence-corrected chi connectivity index (χ1v) is 11.8. The molecule has 0 atom stereocenters. The molecule has 3 aromatic rings. The quantitative estimate of drug-likeness (QED) is 0.401. The highest BCUT2D eigenvalue weighted by Gasteiger charge is 2.20. The molecule has 3 heterocycles. The summed E-state index contributed by atoms with van der Waals surface area (Å²) in [7, 11) is 0. The molecular formula is C29H39N3. The predicted molar refractivity (Wildman–Crippen MR) is 136 cm³/mol. The van der Waals surface area contributed by atoms with Gasteiger partial charge in [-0.2, -0.15) is 0 Å². The van der Waals surface area contributed by atoms with Gasteiger partial charge in [0, 0.05) is 12.4 Å². The van der Waals surface area contributed by atoms with E-state index >= 15 is 0 Å². The van der Waals surface area contributed by atoms with Crippen LogP contribution in [-0.2, 0) is 12.8 Å². The van der Waals surface area contributed by atoms with Gasteiger partial charge in [-0.05, 0) is 84.7 Å². The molecule has 170 valence electrons. The number of hydrogen-bond acceptors (Lipinski definition) is 3. The van der Waals surface area contributed by atoms with E-state index in [1.54, 1.807) is 0 Å². The lowest BCUT2D eigenvalue weighted by Gasteiger charge is -2.22. The molecule has 0 amide bonds. The van der Waals surface area contributed by atoms with Gasteiger partial charge >= 0.3 is 0 Å². The molecule has 0 fully saturated rings. The second-order valence-electron chi connectivity index (χ2n) is 11.6. The summed E-state index contributed by atoms with van der Waals surface area (Å²) in [4.78, 5) is 14.7. The normalized spacial score (nSPS) is 12.2. The largest absolute Gasteiger partial charge is 0.254 e. The molecule has 0 aliphatic rings. The molecule has 0 N–H and O–H groups in total. The number of hydrogen-bond donors (Lipinski definition) is 0. The zero-order chi connectivity index (χ0) is 23.5. The van der Waals surface area contributed by atoms with Crippen molar-refractivity contribution in [1.29, 1.82) is 0 Å². The monoisotopic (exact) mass is 429 g/mol. The van der Waals surface area contributed by atoms with E-state index in [0.717, 1.165) is 59.6 Å². The van der Waals surface area contributed by atoms with Crippen LogP contribution < -0.4 is 0 Å². The zero-order valence-corrected chi connectivity index (χ0v) is 21.2. The van der Waals surface area contributed by atoms with E-state index in [9.17, 15) is 0 Å². The molecule has 32 heavy (non-hydrogen) atoms. The topological polar surface area (TPSA) is 38.7 Å². The molecule has 3 aromatic heterocycles. The van der Waals surface area contributed by atoms with Crippen molar-refractivity contribution in [1.82, 2.24) is 15.0 Å². The minimum absolute atomic E-state index is 0.265. The van der Waals surface area contributed by atoms with Crippen LogP contribution in [0.4, 0.5) is 0 Å². The van der Waals surface area contributed by atoms with E-state index in [-0.39, 0.29) is 10.8 Å². The summed E-state index contributed by atoms with van der Waals surface area (Å²) in [5, 5.41) is 0. The van der Waals surface area contributed by atoms with Gasteiger partial charge in [0.05, 0.1) is 22.8 Å². The van der Waals surface area contributed by atoms with E-state index < -0.39 is 0 Å². The molecule has 3 rings (SSSR count). The zero-order valence-electron chi connectivity index (χ0n) is 21.2. The third-order valence-corrected chi connectivity index (χ3v) is 5.78. The Morgan fingerprint density at radius 2 is 1.03 bits per heavy atom. The Bertz CT molecular complexity index is 951. The molecule has 0 saturated heterocycles. The Kier molecular flexibility index (Phi) is 7.17. The molecule has 0 aliphatic carbocycles. The maximum Gasteiger partial charge on any atom is 0.0926 e. The van der Waals surface area contributed by atoms with E-state index in [1.165, 1.54) is 11.1 Å². The minimum atomic E-state index is 0.265. The van der Waals surface area contributed by atoms with Crippen LogP contribution >= 0.6 is 0 Å². The van der Waals surface area contributed by atoms with Crippen molar-refractivity contribution in [2.75, 3.05) is 0 Å². The minimum Gasteiger partial charge on any atom is -0.254 e. The maximum absolute atomic E-state index is 5.25. The van der Waals surface area contributed by atoms with Crippen LogP contribution in [0.25, 0.3) is 22.8 Å². The lowest BCUT2D eigenvalue weighted by Crippen LogP contribution is -2.11. The smallest absolute Gasteiger partial charge is 0.0926 e. The molecule has 0 unspecified atom stereocenters. The molecule has 3 heteroatoms. The SMILES string of the molecule is Cc1ccc(-c2nc(-c3ccc(C)cn3)c(CCC(C)(C)C)cc2CCC(C)(C)C)nc1. The van der Waals surface area contributed by atoms with Crippen LogP contribution in [0.1, 0.15) is 76.6 Å². The van der Waals surface area contributed by atoms with Crippen LogP contribution in [-0.4, -0.2) is 15.0 Å². The highest BCUT2D eigenvalue weighted by molar-refractivity contribution is 5.68. The van der Waals surface area contributed by atoms with Gasteiger partial charge in [-0.15, -0.1) is 0 Å². The first-order chi connectivity index (χ1) is 14.9. The summed E-state index contributed by atoms with van der Waals surface area (Å²) in [5.74, 6) is 0. The standard InChI is InChI=1S/C29H39N3/c1-20-9-11-24(30-18-20)26-22(13-15-28(3,4)5)17-23(14-16-29(6,7)8)27(32-26)25-12-10-21(2)19-31-25/h9-12,17-19H,13-16H2,1-8H3. The van der Waals surface area contributed by atoms with Crippen LogP contribution in [0.3, 0.4) is 0 Å². The van der Waals surface area contributed by atoms with E-state index in [2.05, 4.69) is 85.7 Å². The second kappa shape index (κ2) is 9.52. The van der Waals surface area contributed by atoms with Gasteiger partial charge in [-0.1, -0.05) is 59.7 Å². The van der Waals surface area contributed by atoms with Crippen molar-refractivity contribution in [3.8, 4) is 22.8 Å². The Labute approximate surface area is 194 Å². The lowest BCUT2D eigenvalue weighted by atomic mass is 9.85. The Balaban J connectivity index is 2.17. The molecule has 0 bridgehead atoms. The molecular weight excluding hydrogens is 390 g/mol. The number of pyridine rings is 3. The molecule has 3 nitrogen and oxygen atoms in total. The fourth-order valence-corrected chi connectivity index (χ4v) is 3.66. The van der Waals surface area contributed by atoms with Crippen molar-refractivity contribution >= 4 is 0 Å². The van der Waals surface area contributed by atoms with Crippen molar-refractivity contribution in [2.45, 2.75) is 81.1 Å². The van der Waals surface area contributed by atoms with Crippen molar-refractivity contribution < 1.29 is 0 Å². The van der Waals surface area contributed by atoms with Gasteiger partial charge in [-0.25, -0.2) is 4.98 Å². The van der Waals surface area contributed by atoms with Gasteiger partial charge < -0.3 is 0 Å². The van der Waals surface area contributed by atoms with Crippen LogP contribution in [0.2, 0.25) is 0 Å². The van der Waals surface area contributed by atoms with Crippen molar-refractivity contribution in [3.63, 3.8) is 0 Å². The highest BCUT2D eigenvalue weighted by Crippen LogP contribution is 2.33. The Hall–Kier alpha value is -2.55. The first kappa shape index (κ1) is 24.1. The van der Waals surface area contributed by atoms with Gasteiger partial charge in [0.1, 0.15) is 0 Å². The fourth-order valence-electron chi connectivity index (χ4n) is 3.66. The predicted octanol–water partition coefficient (Wildman–Crippen LogP) is 7.78. The molecule has 0 radical (unpaired) electrons. The summed E-state index contributed by atoms with van der Waals surface area (Å²) in [6.45, 7) is 17.9. The Morgan fingerprint density at radius 1 is 0.625 bits per heavy atom. The van der Waals surface area contributed by atoms with Crippen LogP contribution in [0.5, 0.6) is 0 Å². The second-order valence-corrected chi connectivity index (χ2v) is 11.6. The highest BCUT2D eigenvalue weighted by atomic mass is 14.8. The van der Waals surface area contributed by atoms with Gasteiger partial charge in [-0.3, -0.25) is 9.97 Å². The van der Waals surface area contributed by atoms with Gasteiger partial charge in [0.15, 0.2) is 0 Å². The number of aromatic nitrogens is 3. The van der Waals surface area contributed by atoms with Crippen molar-refractivity contribution in [3.05, 3.63) is 65.0 Å². The third-order valence-electron chi connectivity index (χ3n) is 5.78. The van der Waals surface area contributed by atoms with Gasteiger partial charge in [0.2, 0.25) is 0 Å². The number of rotatable bonds is 6. The maximum atomic E-state index is 5.25. The van der Waals surface area contributed by atoms with Crippen molar-refractivity contribution in [2.24, 2.45) is 10.8 Å².